The van der Waals surface area contributed by atoms with Gasteiger partial charge in [0.1, 0.15) is 24.4 Å². The molecule has 9 heteroatoms. The molecule has 2 heterocycles. The van der Waals surface area contributed by atoms with Crippen LogP contribution in [0.25, 0.3) is 0 Å². The first kappa shape index (κ1) is 18.1. The molecule has 0 amide bonds. The monoisotopic (exact) mass is 362 g/mol. The highest BCUT2D eigenvalue weighted by atomic mass is 16.6. The summed E-state index contributed by atoms with van der Waals surface area (Å²) in [4.78, 5) is 37.2. The standard InChI is InChI=1S/C17H18N2O7/c1-9(25-16(23)10-5-3-2-4-6-10)14-12(21)13(22)15(26-14)19-8-7-11(20)18-17(19)24/h2-9,12-15,21-22H,1H3,(H,18,20,24)/t9?,12-,13+,14+,15+/m0/s1. The minimum absolute atomic E-state index is 0.334. The maximum Gasteiger partial charge on any atom is 0.338 e. The van der Waals surface area contributed by atoms with Gasteiger partial charge in [-0.15, -0.1) is 0 Å². The average Bonchev–Trinajstić information content (AvgIpc) is 2.91. The molecule has 9 nitrogen and oxygen atoms in total. The van der Waals surface area contributed by atoms with Gasteiger partial charge in [0.25, 0.3) is 5.56 Å². The lowest BCUT2D eigenvalue weighted by atomic mass is 10.1. The summed E-state index contributed by atoms with van der Waals surface area (Å²) in [5.74, 6) is -0.604. The second-order valence-corrected chi connectivity index (χ2v) is 5.97. The smallest absolute Gasteiger partial charge is 0.338 e. The minimum Gasteiger partial charge on any atom is -0.456 e. The SMILES string of the molecule is CC(OC(=O)c1ccccc1)[C@H]1O[C@@H](n2ccc(=O)[nH]c2=O)[C@H](O)[C@@H]1O. The van der Waals surface area contributed by atoms with Crippen LogP contribution in [0.15, 0.2) is 52.2 Å². The van der Waals surface area contributed by atoms with Crippen molar-refractivity contribution in [2.75, 3.05) is 0 Å². The van der Waals surface area contributed by atoms with E-state index in [1.807, 2.05) is 4.98 Å². The Hall–Kier alpha value is -2.75. The lowest BCUT2D eigenvalue weighted by molar-refractivity contribution is -0.0866. The molecule has 1 unspecified atom stereocenters. The fraction of sp³-hybridized carbons (Fsp3) is 0.353. The molecule has 5 atom stereocenters. The Morgan fingerprint density at radius 3 is 2.54 bits per heavy atom. The van der Waals surface area contributed by atoms with Gasteiger partial charge < -0.3 is 19.7 Å². The van der Waals surface area contributed by atoms with Crippen LogP contribution in [-0.2, 0) is 9.47 Å². The molecule has 1 aromatic heterocycles. The molecule has 2 aromatic rings. The predicted octanol–water partition coefficient (Wildman–Crippen LogP) is -0.599. The molecule has 138 valence electrons. The van der Waals surface area contributed by atoms with Crippen molar-refractivity contribution in [3.05, 3.63) is 69.0 Å². The number of carbonyl (C=O) groups is 1. The lowest BCUT2D eigenvalue weighted by Crippen LogP contribution is -2.40. The molecular weight excluding hydrogens is 344 g/mol. The molecule has 26 heavy (non-hydrogen) atoms. The number of esters is 1. The van der Waals surface area contributed by atoms with Crippen LogP contribution in [0.2, 0.25) is 0 Å². The summed E-state index contributed by atoms with van der Waals surface area (Å²) < 4.78 is 11.8. The van der Waals surface area contributed by atoms with Gasteiger partial charge in [0.15, 0.2) is 6.23 Å². The summed E-state index contributed by atoms with van der Waals surface area (Å²) >= 11 is 0. The minimum atomic E-state index is -1.44. The van der Waals surface area contributed by atoms with E-state index in [4.69, 9.17) is 9.47 Å². The molecule has 0 bridgehead atoms. The summed E-state index contributed by atoms with van der Waals surface area (Å²) in [7, 11) is 0. The van der Waals surface area contributed by atoms with E-state index in [0.29, 0.717) is 5.56 Å². The van der Waals surface area contributed by atoms with Crippen molar-refractivity contribution in [3.8, 4) is 0 Å². The summed E-state index contributed by atoms with van der Waals surface area (Å²) in [6.07, 6.45) is -4.85. The van der Waals surface area contributed by atoms with E-state index >= 15 is 0 Å². The van der Waals surface area contributed by atoms with E-state index in [1.54, 1.807) is 30.3 Å². The highest BCUT2D eigenvalue weighted by Gasteiger charge is 2.47. The predicted molar refractivity (Wildman–Crippen MR) is 88.6 cm³/mol. The molecule has 1 fully saturated rings. The van der Waals surface area contributed by atoms with Crippen molar-refractivity contribution in [3.63, 3.8) is 0 Å². The van der Waals surface area contributed by atoms with Gasteiger partial charge in [0.2, 0.25) is 0 Å². The highest BCUT2D eigenvalue weighted by Crippen LogP contribution is 2.31. The van der Waals surface area contributed by atoms with Crippen LogP contribution in [0.1, 0.15) is 23.5 Å². The lowest BCUT2D eigenvalue weighted by Gasteiger charge is -2.22. The van der Waals surface area contributed by atoms with Crippen LogP contribution >= 0.6 is 0 Å². The number of hydrogen-bond acceptors (Lipinski definition) is 7. The molecule has 3 rings (SSSR count). The van der Waals surface area contributed by atoms with Crippen LogP contribution < -0.4 is 11.2 Å². The zero-order chi connectivity index (χ0) is 18.8. The van der Waals surface area contributed by atoms with Crippen molar-refractivity contribution in [1.29, 1.82) is 0 Å². The molecule has 0 saturated carbocycles. The second-order valence-electron chi connectivity index (χ2n) is 5.97. The number of benzene rings is 1. The Bertz CT molecular complexity index is 892. The van der Waals surface area contributed by atoms with Gasteiger partial charge in [-0.1, -0.05) is 18.2 Å². The van der Waals surface area contributed by atoms with Gasteiger partial charge in [-0.3, -0.25) is 14.3 Å². The number of ether oxygens (including phenoxy) is 2. The van der Waals surface area contributed by atoms with Crippen molar-refractivity contribution < 1.29 is 24.5 Å². The Balaban J connectivity index is 1.75. The largest absolute Gasteiger partial charge is 0.456 e. The first-order valence-corrected chi connectivity index (χ1v) is 7.97. The zero-order valence-electron chi connectivity index (χ0n) is 13.8. The molecule has 1 aliphatic rings. The van der Waals surface area contributed by atoms with Crippen LogP contribution in [0, 0.1) is 0 Å². The quantitative estimate of drug-likeness (QED) is 0.619. The molecule has 0 radical (unpaired) electrons. The fourth-order valence-corrected chi connectivity index (χ4v) is 2.81. The number of aromatic nitrogens is 2. The number of aliphatic hydroxyl groups is 2. The number of nitrogens with zero attached hydrogens (tertiary/aromatic N) is 1. The average molecular weight is 362 g/mol. The number of hydrogen-bond donors (Lipinski definition) is 3. The molecule has 0 spiro atoms. The number of nitrogens with one attached hydrogen (secondary N) is 1. The number of aromatic amines is 1. The molecule has 0 aliphatic carbocycles. The number of aliphatic hydroxyl groups excluding tert-OH is 2. The van der Waals surface area contributed by atoms with Gasteiger partial charge in [-0.2, -0.15) is 0 Å². The number of H-pyrrole nitrogens is 1. The van der Waals surface area contributed by atoms with Crippen molar-refractivity contribution in [2.45, 2.75) is 37.6 Å². The number of rotatable bonds is 4. The van der Waals surface area contributed by atoms with Crippen molar-refractivity contribution >= 4 is 5.97 Å². The summed E-state index contributed by atoms with van der Waals surface area (Å²) in [6.45, 7) is 1.51. The van der Waals surface area contributed by atoms with Gasteiger partial charge in [0, 0.05) is 12.3 Å². The molecule has 1 aromatic carbocycles. The van der Waals surface area contributed by atoms with E-state index in [2.05, 4.69) is 0 Å². The Morgan fingerprint density at radius 2 is 1.88 bits per heavy atom. The maximum atomic E-state index is 12.1. The van der Waals surface area contributed by atoms with Crippen LogP contribution in [0.4, 0.5) is 0 Å². The topological polar surface area (TPSA) is 131 Å². The van der Waals surface area contributed by atoms with Crippen molar-refractivity contribution in [1.82, 2.24) is 9.55 Å². The number of carbonyl (C=O) groups excluding carboxylic acids is 1. The Labute approximate surface area is 147 Å². The zero-order valence-corrected chi connectivity index (χ0v) is 13.8. The summed E-state index contributed by atoms with van der Waals surface area (Å²) in [5.41, 5.74) is -1.05. The van der Waals surface area contributed by atoms with Crippen LogP contribution in [-0.4, -0.2) is 50.1 Å². The third-order valence-electron chi connectivity index (χ3n) is 4.17. The molecule has 3 N–H and O–H groups in total. The summed E-state index contributed by atoms with van der Waals surface area (Å²) in [5, 5.41) is 20.4. The first-order chi connectivity index (χ1) is 12.4. The maximum absolute atomic E-state index is 12.1. The third-order valence-corrected chi connectivity index (χ3v) is 4.17. The van der Waals surface area contributed by atoms with Crippen LogP contribution in [0.5, 0.6) is 0 Å². The van der Waals surface area contributed by atoms with Gasteiger partial charge in [-0.25, -0.2) is 9.59 Å². The first-order valence-electron chi connectivity index (χ1n) is 7.97. The summed E-state index contributed by atoms with van der Waals surface area (Å²) in [6, 6.07) is 9.38. The van der Waals surface area contributed by atoms with E-state index in [1.165, 1.54) is 6.92 Å². The van der Waals surface area contributed by atoms with Gasteiger partial charge in [-0.05, 0) is 19.1 Å². The van der Waals surface area contributed by atoms with E-state index in [-0.39, 0.29) is 0 Å². The normalized spacial score (nSPS) is 26.4. The van der Waals surface area contributed by atoms with Gasteiger partial charge in [0.05, 0.1) is 5.56 Å². The van der Waals surface area contributed by atoms with E-state index < -0.39 is 47.9 Å². The molecular formula is C17H18N2O7. The molecule has 1 aliphatic heterocycles. The fourth-order valence-electron chi connectivity index (χ4n) is 2.81. The van der Waals surface area contributed by atoms with E-state index in [0.717, 1.165) is 16.8 Å². The van der Waals surface area contributed by atoms with Crippen molar-refractivity contribution in [2.24, 2.45) is 0 Å². The van der Waals surface area contributed by atoms with Gasteiger partial charge >= 0.3 is 11.7 Å². The Kier molecular flexibility index (Phi) is 5.03. The Morgan fingerprint density at radius 1 is 1.19 bits per heavy atom. The second kappa shape index (κ2) is 7.24. The third kappa shape index (κ3) is 3.45. The highest BCUT2D eigenvalue weighted by molar-refractivity contribution is 5.89. The molecule has 1 saturated heterocycles. The van der Waals surface area contributed by atoms with E-state index in [9.17, 15) is 24.6 Å². The van der Waals surface area contributed by atoms with Crippen LogP contribution in [0.3, 0.4) is 0 Å².